The maximum absolute atomic E-state index is 11.3. The van der Waals surface area contributed by atoms with Crippen molar-refractivity contribution in [3.8, 4) is 11.5 Å². The molecule has 118 valence electrons. The second-order valence-corrected chi connectivity index (χ2v) is 4.71. The standard InChI is InChI=1S/C16H25NO4/c1-4-11-20-14-6-8-15(9-7-14)21-12-10-17(3)13-16(18)19-5-2/h6-9H,4-5,10-13H2,1-3H3. The lowest BCUT2D eigenvalue weighted by Gasteiger charge is -2.16. The van der Waals surface area contributed by atoms with Gasteiger partial charge in [-0.05, 0) is 44.7 Å². The monoisotopic (exact) mass is 295 g/mol. The van der Waals surface area contributed by atoms with Gasteiger partial charge in [0.05, 0.1) is 19.8 Å². The summed E-state index contributed by atoms with van der Waals surface area (Å²) in [6.07, 6.45) is 0.991. The summed E-state index contributed by atoms with van der Waals surface area (Å²) in [7, 11) is 1.86. The van der Waals surface area contributed by atoms with Crippen LogP contribution in [0.15, 0.2) is 24.3 Å². The highest BCUT2D eigenvalue weighted by molar-refractivity contribution is 5.71. The van der Waals surface area contributed by atoms with E-state index < -0.39 is 0 Å². The summed E-state index contributed by atoms with van der Waals surface area (Å²) >= 11 is 0. The smallest absolute Gasteiger partial charge is 0.320 e. The Kier molecular flexibility index (Phi) is 8.28. The van der Waals surface area contributed by atoms with Crippen molar-refractivity contribution in [2.45, 2.75) is 20.3 Å². The predicted molar refractivity (Wildman–Crippen MR) is 81.9 cm³/mol. The number of likely N-dealkylation sites (N-methyl/N-ethyl adjacent to an activating group) is 1. The molecule has 5 heteroatoms. The van der Waals surface area contributed by atoms with Gasteiger partial charge in [-0.2, -0.15) is 0 Å². The molecule has 0 atom stereocenters. The number of ether oxygens (including phenoxy) is 3. The van der Waals surface area contributed by atoms with Crippen molar-refractivity contribution in [2.75, 3.05) is 40.0 Å². The summed E-state index contributed by atoms with van der Waals surface area (Å²) in [5.41, 5.74) is 0. The van der Waals surface area contributed by atoms with Gasteiger partial charge in [-0.15, -0.1) is 0 Å². The normalized spacial score (nSPS) is 10.5. The largest absolute Gasteiger partial charge is 0.494 e. The molecule has 0 aliphatic carbocycles. The highest BCUT2D eigenvalue weighted by atomic mass is 16.5. The molecule has 0 amide bonds. The summed E-state index contributed by atoms with van der Waals surface area (Å²) in [6, 6.07) is 7.56. The van der Waals surface area contributed by atoms with Gasteiger partial charge in [0.25, 0.3) is 0 Å². The van der Waals surface area contributed by atoms with Crippen LogP contribution in [0.2, 0.25) is 0 Å². The molecule has 0 aliphatic rings. The van der Waals surface area contributed by atoms with Gasteiger partial charge in [0.2, 0.25) is 0 Å². The molecular weight excluding hydrogens is 270 g/mol. The van der Waals surface area contributed by atoms with E-state index in [1.807, 2.05) is 36.2 Å². The third-order valence-electron chi connectivity index (χ3n) is 2.74. The van der Waals surface area contributed by atoms with Gasteiger partial charge in [-0.25, -0.2) is 0 Å². The second kappa shape index (κ2) is 10.0. The average molecular weight is 295 g/mol. The fraction of sp³-hybridized carbons (Fsp3) is 0.562. The fourth-order valence-corrected chi connectivity index (χ4v) is 1.68. The van der Waals surface area contributed by atoms with Gasteiger partial charge in [0.1, 0.15) is 18.1 Å². The first-order valence-corrected chi connectivity index (χ1v) is 7.35. The number of benzene rings is 1. The van der Waals surface area contributed by atoms with Crippen molar-refractivity contribution >= 4 is 5.97 Å². The molecule has 1 aromatic carbocycles. The van der Waals surface area contributed by atoms with Gasteiger partial charge in [-0.3, -0.25) is 9.69 Å². The number of carbonyl (C=O) groups excluding carboxylic acids is 1. The van der Waals surface area contributed by atoms with E-state index in [-0.39, 0.29) is 12.5 Å². The quantitative estimate of drug-likeness (QED) is 0.620. The van der Waals surface area contributed by atoms with Crippen LogP contribution in [0.25, 0.3) is 0 Å². The molecule has 0 saturated heterocycles. The van der Waals surface area contributed by atoms with Crippen LogP contribution in [0.3, 0.4) is 0 Å². The average Bonchev–Trinajstić information content (AvgIpc) is 2.46. The minimum absolute atomic E-state index is 0.211. The maximum Gasteiger partial charge on any atom is 0.320 e. The zero-order chi connectivity index (χ0) is 15.5. The van der Waals surface area contributed by atoms with Crippen molar-refractivity contribution in [3.63, 3.8) is 0 Å². The van der Waals surface area contributed by atoms with E-state index in [1.54, 1.807) is 6.92 Å². The Balaban J connectivity index is 2.24. The van der Waals surface area contributed by atoms with Crippen LogP contribution in [-0.2, 0) is 9.53 Å². The zero-order valence-corrected chi connectivity index (χ0v) is 13.1. The Labute approximate surface area is 126 Å². The van der Waals surface area contributed by atoms with E-state index in [1.165, 1.54) is 0 Å². The molecule has 1 aromatic rings. The van der Waals surface area contributed by atoms with Crippen LogP contribution in [0.5, 0.6) is 11.5 Å². The molecule has 0 aromatic heterocycles. The number of hydrogen-bond donors (Lipinski definition) is 0. The fourth-order valence-electron chi connectivity index (χ4n) is 1.68. The third kappa shape index (κ3) is 7.56. The van der Waals surface area contributed by atoms with E-state index in [4.69, 9.17) is 14.2 Å². The Hall–Kier alpha value is -1.75. The first-order chi connectivity index (χ1) is 10.2. The van der Waals surface area contributed by atoms with E-state index in [0.29, 0.717) is 19.8 Å². The van der Waals surface area contributed by atoms with E-state index >= 15 is 0 Å². The Morgan fingerprint density at radius 3 is 2.14 bits per heavy atom. The van der Waals surface area contributed by atoms with Gasteiger partial charge in [0, 0.05) is 6.54 Å². The highest BCUT2D eigenvalue weighted by Crippen LogP contribution is 2.17. The lowest BCUT2D eigenvalue weighted by Crippen LogP contribution is -2.30. The molecule has 21 heavy (non-hydrogen) atoms. The lowest BCUT2D eigenvalue weighted by molar-refractivity contribution is -0.144. The number of nitrogens with zero attached hydrogens (tertiary/aromatic N) is 1. The summed E-state index contributed by atoms with van der Waals surface area (Å²) in [4.78, 5) is 13.2. The Morgan fingerprint density at radius 2 is 1.62 bits per heavy atom. The van der Waals surface area contributed by atoms with E-state index in [0.717, 1.165) is 24.5 Å². The van der Waals surface area contributed by atoms with E-state index in [2.05, 4.69) is 6.92 Å². The summed E-state index contributed by atoms with van der Waals surface area (Å²) < 4.78 is 16.0. The molecular formula is C16H25NO4. The topological polar surface area (TPSA) is 48.0 Å². The number of rotatable bonds is 10. The number of carbonyl (C=O) groups is 1. The van der Waals surface area contributed by atoms with Gasteiger partial charge in [0.15, 0.2) is 0 Å². The molecule has 1 rings (SSSR count). The SMILES string of the molecule is CCCOc1ccc(OCCN(C)CC(=O)OCC)cc1. The van der Waals surface area contributed by atoms with Crippen molar-refractivity contribution < 1.29 is 19.0 Å². The summed E-state index contributed by atoms with van der Waals surface area (Å²) in [5, 5.41) is 0. The molecule has 0 unspecified atom stereocenters. The van der Waals surface area contributed by atoms with E-state index in [9.17, 15) is 4.79 Å². The molecule has 0 spiro atoms. The molecule has 0 heterocycles. The molecule has 0 radical (unpaired) electrons. The van der Waals surface area contributed by atoms with Crippen LogP contribution < -0.4 is 9.47 Å². The number of esters is 1. The van der Waals surface area contributed by atoms with Gasteiger partial charge >= 0.3 is 5.97 Å². The minimum Gasteiger partial charge on any atom is -0.494 e. The molecule has 5 nitrogen and oxygen atoms in total. The predicted octanol–water partition coefficient (Wildman–Crippen LogP) is 2.35. The highest BCUT2D eigenvalue weighted by Gasteiger charge is 2.06. The van der Waals surface area contributed by atoms with Crippen molar-refractivity contribution in [2.24, 2.45) is 0 Å². The maximum atomic E-state index is 11.3. The Bertz CT molecular complexity index is 405. The third-order valence-corrected chi connectivity index (χ3v) is 2.74. The minimum atomic E-state index is -0.211. The number of hydrogen-bond acceptors (Lipinski definition) is 5. The molecule has 0 aliphatic heterocycles. The van der Waals surface area contributed by atoms with Gasteiger partial charge in [-0.1, -0.05) is 6.92 Å². The molecule has 0 N–H and O–H groups in total. The molecule has 0 bridgehead atoms. The second-order valence-electron chi connectivity index (χ2n) is 4.71. The van der Waals surface area contributed by atoms with Crippen LogP contribution in [0.4, 0.5) is 0 Å². The van der Waals surface area contributed by atoms with Crippen molar-refractivity contribution in [3.05, 3.63) is 24.3 Å². The lowest BCUT2D eigenvalue weighted by atomic mass is 10.3. The van der Waals surface area contributed by atoms with Crippen molar-refractivity contribution in [1.82, 2.24) is 4.90 Å². The zero-order valence-electron chi connectivity index (χ0n) is 13.1. The first kappa shape index (κ1) is 17.3. The van der Waals surface area contributed by atoms with Crippen LogP contribution in [0.1, 0.15) is 20.3 Å². The van der Waals surface area contributed by atoms with Crippen LogP contribution in [0, 0.1) is 0 Å². The Morgan fingerprint density at radius 1 is 1.05 bits per heavy atom. The molecule has 0 saturated carbocycles. The summed E-state index contributed by atoms with van der Waals surface area (Å²) in [5.74, 6) is 1.43. The van der Waals surface area contributed by atoms with Crippen LogP contribution in [-0.4, -0.2) is 50.8 Å². The first-order valence-electron chi connectivity index (χ1n) is 7.35. The summed E-state index contributed by atoms with van der Waals surface area (Å²) in [6.45, 7) is 6.46. The van der Waals surface area contributed by atoms with Crippen molar-refractivity contribution in [1.29, 1.82) is 0 Å². The molecule has 0 fully saturated rings. The van der Waals surface area contributed by atoms with Crippen LogP contribution >= 0.6 is 0 Å². The van der Waals surface area contributed by atoms with Gasteiger partial charge < -0.3 is 14.2 Å².